The molecule has 2 heterocycles. The second-order valence-corrected chi connectivity index (χ2v) is 7.19. The van der Waals surface area contributed by atoms with Crippen molar-refractivity contribution in [1.29, 1.82) is 0 Å². The maximum atomic E-state index is 12.8. The molecule has 0 aliphatic carbocycles. The molecule has 4 nitrogen and oxygen atoms in total. The lowest BCUT2D eigenvalue weighted by atomic mass is 9.91. The number of nitrogens with zero attached hydrogens (tertiary/aromatic N) is 1. The number of carbonyl (C=O) groups is 2. The molecule has 118 valence electrons. The smallest absolute Gasteiger partial charge is 0.303 e. The summed E-state index contributed by atoms with van der Waals surface area (Å²) < 4.78 is 0. The number of rotatable bonds is 4. The van der Waals surface area contributed by atoms with Gasteiger partial charge >= 0.3 is 5.97 Å². The summed E-state index contributed by atoms with van der Waals surface area (Å²) in [6, 6.07) is 8.15. The van der Waals surface area contributed by atoms with Gasteiger partial charge in [-0.05, 0) is 36.8 Å². The van der Waals surface area contributed by atoms with E-state index in [0.29, 0.717) is 12.3 Å². The second kappa shape index (κ2) is 6.73. The summed E-state index contributed by atoms with van der Waals surface area (Å²) in [4.78, 5) is 26.7. The Bertz CT molecular complexity index is 575. The van der Waals surface area contributed by atoms with E-state index in [0.717, 1.165) is 37.2 Å². The number of thioether (sulfide) groups is 1. The summed E-state index contributed by atoms with van der Waals surface area (Å²) in [5.74, 6) is 0.605. The van der Waals surface area contributed by atoms with Gasteiger partial charge in [0.15, 0.2) is 0 Å². The Labute approximate surface area is 134 Å². The normalized spacial score (nSPS) is 24.1. The Kier molecular flexibility index (Phi) is 4.71. The van der Waals surface area contributed by atoms with Gasteiger partial charge in [-0.25, -0.2) is 0 Å². The molecule has 2 aliphatic heterocycles. The third kappa shape index (κ3) is 3.29. The number of hydrogen-bond acceptors (Lipinski definition) is 3. The highest BCUT2D eigenvalue weighted by Gasteiger charge is 2.34. The molecule has 22 heavy (non-hydrogen) atoms. The number of amides is 1. The van der Waals surface area contributed by atoms with Crippen molar-refractivity contribution in [3.63, 3.8) is 0 Å². The minimum Gasteiger partial charge on any atom is -0.481 e. The molecule has 2 atom stereocenters. The topological polar surface area (TPSA) is 57.6 Å². The average Bonchev–Trinajstić information content (AvgIpc) is 2.96. The summed E-state index contributed by atoms with van der Waals surface area (Å²) in [6.07, 6.45) is 2.90. The number of carbonyl (C=O) groups excluding carboxylic acids is 1. The molecular formula is C17H21NO3S. The van der Waals surface area contributed by atoms with Crippen LogP contribution in [0.3, 0.4) is 0 Å². The first-order valence-electron chi connectivity index (χ1n) is 7.87. The van der Waals surface area contributed by atoms with Crippen LogP contribution in [0.4, 0.5) is 0 Å². The van der Waals surface area contributed by atoms with E-state index in [1.165, 1.54) is 4.90 Å². The summed E-state index contributed by atoms with van der Waals surface area (Å²) in [7, 11) is 0. The number of carboxylic acids is 1. The number of hydrogen-bond donors (Lipinski definition) is 1. The van der Waals surface area contributed by atoms with E-state index in [9.17, 15) is 9.59 Å². The fraction of sp³-hybridized carbons (Fsp3) is 0.529. The predicted octanol–water partition coefficient (Wildman–Crippen LogP) is 2.98. The van der Waals surface area contributed by atoms with Crippen LogP contribution in [0.25, 0.3) is 0 Å². The van der Waals surface area contributed by atoms with Crippen molar-refractivity contribution in [2.75, 3.05) is 18.8 Å². The van der Waals surface area contributed by atoms with Crippen LogP contribution in [0.2, 0.25) is 0 Å². The highest BCUT2D eigenvalue weighted by atomic mass is 32.2. The number of fused-ring (bicyclic) bond motifs is 1. The van der Waals surface area contributed by atoms with Gasteiger partial charge in [-0.15, -0.1) is 11.8 Å². The Morgan fingerprint density at radius 2 is 2.14 bits per heavy atom. The maximum Gasteiger partial charge on any atom is 0.303 e. The third-order valence-electron chi connectivity index (χ3n) is 4.60. The van der Waals surface area contributed by atoms with E-state index in [1.54, 1.807) is 11.8 Å². The quantitative estimate of drug-likeness (QED) is 0.927. The minimum atomic E-state index is -0.746. The van der Waals surface area contributed by atoms with Crippen LogP contribution < -0.4 is 0 Å². The minimum absolute atomic E-state index is 0.0283. The molecule has 5 heteroatoms. The molecule has 1 aromatic rings. The Morgan fingerprint density at radius 3 is 2.95 bits per heavy atom. The molecule has 1 N–H and O–H groups in total. The molecule has 1 fully saturated rings. The van der Waals surface area contributed by atoms with Gasteiger partial charge in [0.2, 0.25) is 5.91 Å². The highest BCUT2D eigenvalue weighted by molar-refractivity contribution is 7.99. The van der Waals surface area contributed by atoms with Gasteiger partial charge in [-0.3, -0.25) is 9.59 Å². The highest BCUT2D eigenvalue weighted by Crippen LogP contribution is 2.40. The summed E-state index contributed by atoms with van der Waals surface area (Å²) >= 11 is 1.76. The van der Waals surface area contributed by atoms with Crippen LogP contribution in [0.1, 0.15) is 37.2 Å². The standard InChI is InChI=1S/C17H21NO3S/c19-16(20)8-7-12-4-3-9-18(10-12)17(21)14-11-22-15-6-2-1-5-13(14)15/h1-2,5-6,12,14H,3-4,7-11H2,(H,19,20)/t12-,14+/m0/s1. The monoisotopic (exact) mass is 319 g/mol. The molecule has 1 aromatic carbocycles. The molecule has 0 aromatic heterocycles. The number of likely N-dealkylation sites (tertiary alicyclic amines) is 1. The molecule has 0 unspecified atom stereocenters. The Morgan fingerprint density at radius 1 is 1.32 bits per heavy atom. The van der Waals surface area contributed by atoms with Crippen molar-refractivity contribution in [3.05, 3.63) is 29.8 Å². The van der Waals surface area contributed by atoms with Crippen LogP contribution in [-0.2, 0) is 9.59 Å². The number of carboxylic acid groups (broad SMARTS) is 1. The van der Waals surface area contributed by atoms with Crippen LogP contribution in [-0.4, -0.2) is 40.7 Å². The van der Waals surface area contributed by atoms with Crippen molar-refractivity contribution in [2.45, 2.75) is 36.5 Å². The molecule has 1 amide bonds. The van der Waals surface area contributed by atoms with Crippen LogP contribution in [0, 0.1) is 5.92 Å². The average molecular weight is 319 g/mol. The lowest BCUT2D eigenvalue weighted by Gasteiger charge is -2.34. The zero-order valence-electron chi connectivity index (χ0n) is 12.5. The molecule has 0 saturated carbocycles. The van der Waals surface area contributed by atoms with Crippen molar-refractivity contribution in [1.82, 2.24) is 4.90 Å². The Balaban J connectivity index is 1.64. The van der Waals surface area contributed by atoms with E-state index in [1.807, 2.05) is 17.0 Å². The van der Waals surface area contributed by atoms with Gasteiger partial charge in [-0.1, -0.05) is 18.2 Å². The van der Waals surface area contributed by atoms with Gasteiger partial charge in [0.1, 0.15) is 0 Å². The van der Waals surface area contributed by atoms with E-state index in [-0.39, 0.29) is 18.2 Å². The fourth-order valence-corrected chi connectivity index (χ4v) is 4.64. The van der Waals surface area contributed by atoms with Crippen molar-refractivity contribution >= 4 is 23.6 Å². The molecule has 0 radical (unpaired) electrons. The second-order valence-electron chi connectivity index (χ2n) is 6.13. The molecule has 2 aliphatic rings. The fourth-order valence-electron chi connectivity index (χ4n) is 3.42. The van der Waals surface area contributed by atoms with Gasteiger partial charge in [0.05, 0.1) is 5.92 Å². The molecule has 1 saturated heterocycles. The maximum absolute atomic E-state index is 12.8. The first kappa shape index (κ1) is 15.4. The van der Waals surface area contributed by atoms with Gasteiger partial charge in [0.25, 0.3) is 0 Å². The summed E-state index contributed by atoms with van der Waals surface area (Å²) in [5, 5.41) is 8.82. The predicted molar refractivity (Wildman–Crippen MR) is 86.1 cm³/mol. The molecule has 0 spiro atoms. The Hall–Kier alpha value is -1.49. The van der Waals surface area contributed by atoms with Crippen LogP contribution in [0.5, 0.6) is 0 Å². The lowest BCUT2D eigenvalue weighted by Crippen LogP contribution is -2.42. The van der Waals surface area contributed by atoms with Crippen molar-refractivity contribution < 1.29 is 14.7 Å². The van der Waals surface area contributed by atoms with Gasteiger partial charge in [0, 0.05) is 30.2 Å². The number of benzene rings is 1. The van der Waals surface area contributed by atoms with Crippen LogP contribution >= 0.6 is 11.8 Å². The first-order chi connectivity index (χ1) is 10.6. The van der Waals surface area contributed by atoms with Crippen LogP contribution in [0.15, 0.2) is 29.2 Å². The van der Waals surface area contributed by atoms with Gasteiger partial charge < -0.3 is 10.0 Å². The van der Waals surface area contributed by atoms with Crippen molar-refractivity contribution in [2.24, 2.45) is 5.92 Å². The molecular weight excluding hydrogens is 298 g/mol. The zero-order chi connectivity index (χ0) is 15.5. The summed E-state index contributed by atoms with van der Waals surface area (Å²) in [6.45, 7) is 1.53. The van der Waals surface area contributed by atoms with Crippen molar-refractivity contribution in [3.8, 4) is 0 Å². The molecule has 3 rings (SSSR count). The zero-order valence-corrected chi connectivity index (χ0v) is 13.3. The first-order valence-corrected chi connectivity index (χ1v) is 8.86. The van der Waals surface area contributed by atoms with E-state index in [2.05, 4.69) is 12.1 Å². The third-order valence-corrected chi connectivity index (χ3v) is 5.78. The van der Waals surface area contributed by atoms with E-state index in [4.69, 9.17) is 5.11 Å². The van der Waals surface area contributed by atoms with E-state index < -0.39 is 5.97 Å². The SMILES string of the molecule is O=C(O)CC[C@@H]1CCCN(C(=O)[C@@H]2CSc3ccccc32)C1. The summed E-state index contributed by atoms with van der Waals surface area (Å²) in [5.41, 5.74) is 1.16. The largest absolute Gasteiger partial charge is 0.481 e. The van der Waals surface area contributed by atoms with E-state index >= 15 is 0 Å². The number of aliphatic carboxylic acids is 1. The van der Waals surface area contributed by atoms with Gasteiger partial charge in [-0.2, -0.15) is 0 Å². The lowest BCUT2D eigenvalue weighted by molar-refractivity contribution is -0.137. The number of piperidine rings is 1. The molecule has 0 bridgehead atoms.